The van der Waals surface area contributed by atoms with Crippen molar-refractivity contribution in [1.29, 1.82) is 0 Å². The number of guanidine groups is 1. The van der Waals surface area contributed by atoms with E-state index in [0.29, 0.717) is 24.5 Å². The second kappa shape index (κ2) is 10.9. The highest BCUT2D eigenvalue weighted by molar-refractivity contribution is 14.0. The van der Waals surface area contributed by atoms with E-state index < -0.39 is 10.0 Å². The molecule has 2 saturated heterocycles. The minimum absolute atomic E-state index is 0. The number of sulfonamides is 1. The first-order valence-electron chi connectivity index (χ1n) is 10.6. The number of nitrogens with zero attached hydrogens (tertiary/aromatic N) is 1. The Balaban J connectivity index is 0.00000300. The highest BCUT2D eigenvalue weighted by Gasteiger charge is 2.59. The van der Waals surface area contributed by atoms with Gasteiger partial charge in [0, 0.05) is 43.7 Å². The monoisotopic (exact) mass is 544 g/mol. The molecule has 4 unspecified atom stereocenters. The minimum atomic E-state index is -3.36. The highest BCUT2D eigenvalue weighted by atomic mass is 127. The Labute approximate surface area is 192 Å². The molecule has 1 saturated carbocycles. The molecule has 2 heterocycles. The molecule has 10 heteroatoms. The number of aliphatic imine (C=N–C) groups is 1. The van der Waals surface area contributed by atoms with Crippen molar-refractivity contribution in [3.8, 4) is 0 Å². The number of fused-ring (bicyclic) bond motifs is 1. The van der Waals surface area contributed by atoms with Crippen molar-refractivity contribution in [2.45, 2.75) is 64.7 Å². The van der Waals surface area contributed by atoms with E-state index in [1.807, 2.05) is 6.92 Å². The molecule has 3 aliphatic rings. The van der Waals surface area contributed by atoms with Gasteiger partial charge in [-0.05, 0) is 32.6 Å². The lowest BCUT2D eigenvalue weighted by Gasteiger charge is -2.54. The second-order valence-corrected chi connectivity index (χ2v) is 10.5. The predicted molar refractivity (Wildman–Crippen MR) is 125 cm³/mol. The zero-order valence-electron chi connectivity index (χ0n) is 17.8. The molecular weight excluding hydrogens is 507 g/mol. The van der Waals surface area contributed by atoms with Crippen LogP contribution < -0.4 is 15.4 Å². The molecule has 0 aromatic rings. The third-order valence-electron chi connectivity index (χ3n) is 6.17. The third kappa shape index (κ3) is 6.41. The van der Waals surface area contributed by atoms with E-state index in [2.05, 4.69) is 34.2 Å². The SMILES string of the molecule is CCNC(=NCCS(=O)(=O)NCC1CCCCO1)NC1C2CCOC2C1(C)C.I. The Bertz CT molecular complexity index is 653. The highest BCUT2D eigenvalue weighted by Crippen LogP contribution is 2.52. The molecule has 1 aliphatic carbocycles. The van der Waals surface area contributed by atoms with Crippen LogP contribution in [-0.2, 0) is 19.5 Å². The van der Waals surface area contributed by atoms with Crippen LogP contribution in [0.2, 0.25) is 0 Å². The van der Waals surface area contributed by atoms with Crippen molar-refractivity contribution in [1.82, 2.24) is 15.4 Å². The molecule has 3 rings (SSSR count). The summed E-state index contributed by atoms with van der Waals surface area (Å²) in [5, 5.41) is 6.74. The molecule has 29 heavy (non-hydrogen) atoms. The minimum Gasteiger partial charge on any atom is -0.377 e. The molecular formula is C19H37IN4O4S. The molecule has 0 radical (unpaired) electrons. The first-order chi connectivity index (χ1) is 13.3. The van der Waals surface area contributed by atoms with Crippen LogP contribution >= 0.6 is 24.0 Å². The summed E-state index contributed by atoms with van der Waals surface area (Å²) in [4.78, 5) is 4.50. The molecule has 4 atom stereocenters. The van der Waals surface area contributed by atoms with Crippen LogP contribution in [0.4, 0.5) is 0 Å². The summed E-state index contributed by atoms with van der Waals surface area (Å²) in [6.07, 6.45) is 4.43. The van der Waals surface area contributed by atoms with E-state index in [4.69, 9.17) is 9.47 Å². The van der Waals surface area contributed by atoms with Crippen LogP contribution in [0.5, 0.6) is 0 Å². The Kier molecular flexibility index (Phi) is 9.45. The summed E-state index contributed by atoms with van der Waals surface area (Å²) in [5.74, 6) is 1.15. The summed E-state index contributed by atoms with van der Waals surface area (Å²) in [7, 11) is -3.36. The van der Waals surface area contributed by atoms with E-state index in [-0.39, 0.29) is 53.8 Å². The van der Waals surface area contributed by atoms with E-state index in [9.17, 15) is 8.42 Å². The maximum Gasteiger partial charge on any atom is 0.213 e. The lowest BCUT2D eigenvalue weighted by molar-refractivity contribution is -0.106. The topological polar surface area (TPSA) is 101 Å². The zero-order valence-corrected chi connectivity index (χ0v) is 20.9. The van der Waals surface area contributed by atoms with E-state index in [1.54, 1.807) is 0 Å². The second-order valence-electron chi connectivity index (χ2n) is 8.60. The van der Waals surface area contributed by atoms with Crippen LogP contribution in [-0.4, -0.2) is 71.2 Å². The van der Waals surface area contributed by atoms with Crippen LogP contribution in [0.15, 0.2) is 4.99 Å². The summed E-state index contributed by atoms with van der Waals surface area (Å²) in [5.41, 5.74) is 0.0466. The van der Waals surface area contributed by atoms with Crippen LogP contribution in [0.1, 0.15) is 46.5 Å². The first-order valence-corrected chi connectivity index (χ1v) is 12.2. The van der Waals surface area contributed by atoms with Crippen molar-refractivity contribution in [3.63, 3.8) is 0 Å². The molecule has 3 N–H and O–H groups in total. The predicted octanol–water partition coefficient (Wildman–Crippen LogP) is 1.46. The van der Waals surface area contributed by atoms with Gasteiger partial charge >= 0.3 is 0 Å². The van der Waals surface area contributed by atoms with Gasteiger partial charge in [0.2, 0.25) is 10.0 Å². The Morgan fingerprint density at radius 2 is 1.97 bits per heavy atom. The molecule has 0 bridgehead atoms. The van der Waals surface area contributed by atoms with Gasteiger partial charge in [-0.1, -0.05) is 13.8 Å². The molecule has 0 aromatic carbocycles. The molecule has 0 spiro atoms. The number of hydrogen-bond donors (Lipinski definition) is 3. The normalized spacial score (nSPS) is 31.3. The van der Waals surface area contributed by atoms with Crippen molar-refractivity contribution < 1.29 is 17.9 Å². The van der Waals surface area contributed by atoms with Gasteiger partial charge in [0.25, 0.3) is 0 Å². The van der Waals surface area contributed by atoms with Gasteiger partial charge in [0.1, 0.15) is 0 Å². The van der Waals surface area contributed by atoms with Crippen molar-refractivity contribution in [2.24, 2.45) is 16.3 Å². The van der Waals surface area contributed by atoms with E-state index >= 15 is 0 Å². The molecule has 2 aliphatic heterocycles. The molecule has 0 amide bonds. The number of hydrogen-bond acceptors (Lipinski definition) is 5. The largest absolute Gasteiger partial charge is 0.377 e. The fraction of sp³-hybridized carbons (Fsp3) is 0.947. The van der Waals surface area contributed by atoms with Gasteiger partial charge in [0.15, 0.2) is 5.96 Å². The summed E-state index contributed by atoms with van der Waals surface area (Å²) < 4.78 is 38.6. The van der Waals surface area contributed by atoms with Crippen LogP contribution in [0.25, 0.3) is 0 Å². The summed E-state index contributed by atoms with van der Waals surface area (Å²) in [6.45, 7) is 9.27. The Morgan fingerprint density at radius 1 is 1.17 bits per heavy atom. The summed E-state index contributed by atoms with van der Waals surface area (Å²) >= 11 is 0. The van der Waals surface area contributed by atoms with Crippen molar-refractivity contribution >= 4 is 40.0 Å². The van der Waals surface area contributed by atoms with Crippen LogP contribution in [0.3, 0.4) is 0 Å². The fourth-order valence-corrected chi connectivity index (χ4v) is 5.54. The van der Waals surface area contributed by atoms with E-state index in [1.165, 1.54) is 0 Å². The molecule has 0 aromatic heterocycles. The first kappa shape index (κ1) is 25.1. The Hall–Kier alpha value is -0.170. The van der Waals surface area contributed by atoms with Gasteiger partial charge in [-0.15, -0.1) is 24.0 Å². The number of nitrogens with one attached hydrogen (secondary N) is 3. The number of rotatable bonds is 8. The van der Waals surface area contributed by atoms with E-state index in [0.717, 1.165) is 45.4 Å². The van der Waals surface area contributed by atoms with Gasteiger partial charge in [-0.3, -0.25) is 4.99 Å². The zero-order chi connectivity index (χ0) is 20.2. The van der Waals surface area contributed by atoms with Gasteiger partial charge in [-0.25, -0.2) is 13.1 Å². The standard InChI is InChI=1S/C19H36N4O4S.HI/c1-4-20-18(23-16-15-8-11-27-17(15)19(16,2)3)21-9-12-28(24,25)22-13-14-7-5-6-10-26-14;/h14-17,22H,4-13H2,1-3H3,(H2,20,21,23);1H. The maximum absolute atomic E-state index is 12.3. The fourth-order valence-electron chi connectivity index (χ4n) is 4.62. The van der Waals surface area contributed by atoms with Gasteiger partial charge in [0.05, 0.1) is 24.5 Å². The number of halogens is 1. The number of ether oxygens (including phenoxy) is 2. The average Bonchev–Trinajstić information content (AvgIpc) is 3.12. The molecule has 8 nitrogen and oxygen atoms in total. The third-order valence-corrected chi connectivity index (χ3v) is 7.50. The molecule has 170 valence electrons. The van der Waals surface area contributed by atoms with Crippen LogP contribution in [0, 0.1) is 11.3 Å². The van der Waals surface area contributed by atoms with Gasteiger partial charge in [-0.2, -0.15) is 0 Å². The average molecular weight is 545 g/mol. The lowest BCUT2D eigenvalue weighted by atomic mass is 9.57. The Morgan fingerprint density at radius 3 is 2.66 bits per heavy atom. The summed E-state index contributed by atoms with van der Waals surface area (Å²) in [6, 6.07) is 0.288. The lowest BCUT2D eigenvalue weighted by Crippen LogP contribution is -2.68. The quantitative estimate of drug-likeness (QED) is 0.243. The van der Waals surface area contributed by atoms with Crippen molar-refractivity contribution in [2.75, 3.05) is 38.6 Å². The van der Waals surface area contributed by atoms with Crippen molar-refractivity contribution in [3.05, 3.63) is 0 Å². The maximum atomic E-state index is 12.3. The molecule has 3 fully saturated rings. The van der Waals surface area contributed by atoms with Gasteiger partial charge < -0.3 is 20.1 Å². The smallest absolute Gasteiger partial charge is 0.213 e.